The number of hydrogen-bond acceptors (Lipinski definition) is 2. The van der Waals surface area contributed by atoms with Gasteiger partial charge in [0.15, 0.2) is 0 Å². The summed E-state index contributed by atoms with van der Waals surface area (Å²) in [5, 5.41) is 4.89. The summed E-state index contributed by atoms with van der Waals surface area (Å²) in [6, 6.07) is 7.10. The van der Waals surface area contributed by atoms with Crippen LogP contribution < -0.4 is 5.32 Å². The van der Waals surface area contributed by atoms with E-state index in [4.69, 9.17) is 0 Å². The molecule has 90 valence electrons. The summed E-state index contributed by atoms with van der Waals surface area (Å²) in [4.78, 5) is 1.46. The van der Waals surface area contributed by atoms with Gasteiger partial charge in [0, 0.05) is 9.58 Å². The molecule has 2 aromatic rings. The smallest absolute Gasteiger partial charge is 0.0351 e. The van der Waals surface area contributed by atoms with Gasteiger partial charge in [0.25, 0.3) is 0 Å². The van der Waals surface area contributed by atoms with Gasteiger partial charge in [-0.15, -0.1) is 11.3 Å². The van der Waals surface area contributed by atoms with Gasteiger partial charge in [-0.2, -0.15) is 0 Å². The molecule has 2 heterocycles. The minimum atomic E-state index is 0.767. The number of hydrogen-bond donors (Lipinski definition) is 1. The highest BCUT2D eigenvalue weighted by Crippen LogP contribution is 2.34. The van der Waals surface area contributed by atoms with Gasteiger partial charge in [-0.25, -0.2) is 0 Å². The van der Waals surface area contributed by atoms with E-state index < -0.39 is 0 Å². The molecule has 2 heteroatoms. The van der Waals surface area contributed by atoms with Crippen LogP contribution in [0, 0.1) is 13.8 Å². The first-order valence-corrected chi connectivity index (χ1v) is 7.28. The van der Waals surface area contributed by atoms with Crippen LogP contribution in [0.4, 0.5) is 0 Å². The zero-order valence-corrected chi connectivity index (χ0v) is 11.4. The molecule has 1 aliphatic heterocycles. The molecule has 0 radical (unpaired) electrons. The Morgan fingerprint density at radius 2 is 1.94 bits per heavy atom. The van der Waals surface area contributed by atoms with Gasteiger partial charge in [-0.1, -0.05) is 12.1 Å². The van der Waals surface area contributed by atoms with Gasteiger partial charge in [0.05, 0.1) is 0 Å². The lowest BCUT2D eigenvalue weighted by atomic mass is 9.90. The Hall–Kier alpha value is -0.860. The molecule has 3 rings (SSSR count). The van der Waals surface area contributed by atoms with Crippen LogP contribution in [0.2, 0.25) is 0 Å². The number of nitrogens with one attached hydrogen (secondary N) is 1. The van der Waals surface area contributed by atoms with Gasteiger partial charge in [0.1, 0.15) is 0 Å². The van der Waals surface area contributed by atoms with Gasteiger partial charge in [-0.05, 0) is 68.3 Å². The van der Waals surface area contributed by atoms with E-state index in [-0.39, 0.29) is 0 Å². The van der Waals surface area contributed by atoms with Crippen LogP contribution in [-0.4, -0.2) is 13.1 Å². The third-order valence-corrected chi connectivity index (χ3v) is 5.18. The van der Waals surface area contributed by atoms with E-state index in [0.717, 1.165) is 5.92 Å². The first-order valence-electron chi connectivity index (χ1n) is 6.46. The summed E-state index contributed by atoms with van der Waals surface area (Å²) in [6.07, 6.45) is 2.57. The first kappa shape index (κ1) is 11.2. The minimum Gasteiger partial charge on any atom is -0.317 e. The lowest BCUT2D eigenvalue weighted by molar-refractivity contribution is 0.461. The van der Waals surface area contributed by atoms with Gasteiger partial charge < -0.3 is 5.32 Å². The van der Waals surface area contributed by atoms with Gasteiger partial charge >= 0.3 is 0 Å². The molecule has 0 amide bonds. The zero-order valence-electron chi connectivity index (χ0n) is 10.5. The Labute approximate surface area is 107 Å². The van der Waals surface area contributed by atoms with Crippen molar-refractivity contribution in [1.82, 2.24) is 5.32 Å². The van der Waals surface area contributed by atoms with Crippen molar-refractivity contribution in [2.45, 2.75) is 32.6 Å². The molecule has 0 unspecified atom stereocenters. The molecule has 0 bridgehead atoms. The molecule has 1 fully saturated rings. The molecule has 1 aromatic carbocycles. The van der Waals surface area contributed by atoms with E-state index in [0.29, 0.717) is 0 Å². The van der Waals surface area contributed by atoms with Crippen molar-refractivity contribution in [1.29, 1.82) is 0 Å². The maximum atomic E-state index is 3.44. The monoisotopic (exact) mass is 245 g/mol. The molecule has 1 nitrogen and oxygen atoms in total. The summed E-state index contributed by atoms with van der Waals surface area (Å²) in [7, 11) is 0. The second-order valence-corrected chi connectivity index (χ2v) is 6.32. The van der Waals surface area contributed by atoms with Crippen molar-refractivity contribution in [2.75, 3.05) is 13.1 Å². The molecule has 1 N–H and O–H groups in total. The van der Waals surface area contributed by atoms with Crippen molar-refractivity contribution in [3.63, 3.8) is 0 Å². The maximum absolute atomic E-state index is 3.44. The standard InChI is InChI=1S/C15H19NS/c1-10-11(2)17-15-9-13(3-4-14(10)15)12-5-7-16-8-6-12/h3-4,9,12,16H,5-8H2,1-2H3. The SMILES string of the molecule is Cc1sc2cc(C3CCNCC3)ccc2c1C. The van der Waals surface area contributed by atoms with Crippen LogP contribution >= 0.6 is 11.3 Å². The molecule has 1 aliphatic rings. The number of thiophene rings is 1. The van der Waals surface area contributed by atoms with Crippen LogP contribution in [0.1, 0.15) is 34.8 Å². The highest BCUT2D eigenvalue weighted by Gasteiger charge is 2.16. The number of piperidine rings is 1. The van der Waals surface area contributed by atoms with Gasteiger partial charge in [-0.3, -0.25) is 0 Å². The minimum absolute atomic E-state index is 0.767. The largest absolute Gasteiger partial charge is 0.317 e. The molecule has 0 spiro atoms. The third-order valence-electron chi connectivity index (χ3n) is 4.01. The van der Waals surface area contributed by atoms with E-state index in [1.54, 1.807) is 5.56 Å². The molecular weight excluding hydrogens is 226 g/mol. The molecule has 1 saturated heterocycles. The molecule has 17 heavy (non-hydrogen) atoms. The average molecular weight is 245 g/mol. The fraction of sp³-hybridized carbons (Fsp3) is 0.467. The van der Waals surface area contributed by atoms with Crippen molar-refractivity contribution in [3.8, 4) is 0 Å². The summed E-state index contributed by atoms with van der Waals surface area (Å²) in [6.45, 7) is 6.80. The van der Waals surface area contributed by atoms with E-state index in [2.05, 4.69) is 37.4 Å². The third kappa shape index (κ3) is 2.00. The predicted octanol–water partition coefficient (Wildman–Crippen LogP) is 3.99. The predicted molar refractivity (Wildman–Crippen MR) is 76.1 cm³/mol. The van der Waals surface area contributed by atoms with Crippen molar-refractivity contribution in [3.05, 3.63) is 34.2 Å². The number of benzene rings is 1. The number of rotatable bonds is 1. The van der Waals surface area contributed by atoms with E-state index >= 15 is 0 Å². The highest BCUT2D eigenvalue weighted by molar-refractivity contribution is 7.19. The maximum Gasteiger partial charge on any atom is 0.0351 e. The van der Waals surface area contributed by atoms with Crippen LogP contribution in [-0.2, 0) is 0 Å². The average Bonchev–Trinajstić information content (AvgIpc) is 2.66. The Morgan fingerprint density at radius 1 is 1.18 bits per heavy atom. The Morgan fingerprint density at radius 3 is 2.71 bits per heavy atom. The summed E-state index contributed by atoms with van der Waals surface area (Å²) in [5.41, 5.74) is 3.00. The molecular formula is C15H19NS. The topological polar surface area (TPSA) is 12.0 Å². The van der Waals surface area contributed by atoms with Crippen LogP contribution in [0.3, 0.4) is 0 Å². The normalized spacial score (nSPS) is 17.8. The first-order chi connectivity index (χ1) is 8.25. The molecule has 0 saturated carbocycles. The van der Waals surface area contributed by atoms with E-state index in [1.165, 1.54) is 46.5 Å². The Bertz CT molecular complexity index is 535. The van der Waals surface area contributed by atoms with E-state index in [1.807, 2.05) is 11.3 Å². The highest BCUT2D eigenvalue weighted by atomic mass is 32.1. The second-order valence-electron chi connectivity index (χ2n) is 5.06. The molecule has 1 aromatic heterocycles. The lowest BCUT2D eigenvalue weighted by Crippen LogP contribution is -2.26. The van der Waals surface area contributed by atoms with Crippen LogP contribution in [0.15, 0.2) is 18.2 Å². The van der Waals surface area contributed by atoms with Crippen molar-refractivity contribution in [2.24, 2.45) is 0 Å². The number of aryl methyl sites for hydroxylation is 2. The molecule has 0 atom stereocenters. The summed E-state index contributed by atoms with van der Waals surface area (Å²) < 4.78 is 1.47. The Kier molecular flexibility index (Phi) is 2.93. The second kappa shape index (κ2) is 4.43. The summed E-state index contributed by atoms with van der Waals surface area (Å²) in [5.74, 6) is 0.767. The van der Waals surface area contributed by atoms with Crippen LogP contribution in [0.5, 0.6) is 0 Å². The Balaban J connectivity index is 2.01. The summed E-state index contributed by atoms with van der Waals surface area (Å²) >= 11 is 1.94. The van der Waals surface area contributed by atoms with Crippen LogP contribution in [0.25, 0.3) is 10.1 Å². The number of fused-ring (bicyclic) bond motifs is 1. The van der Waals surface area contributed by atoms with E-state index in [9.17, 15) is 0 Å². The quantitative estimate of drug-likeness (QED) is 0.801. The van der Waals surface area contributed by atoms with Gasteiger partial charge in [0.2, 0.25) is 0 Å². The molecule has 0 aliphatic carbocycles. The van der Waals surface area contributed by atoms with Crippen molar-refractivity contribution < 1.29 is 0 Å². The fourth-order valence-corrected chi connectivity index (χ4v) is 3.89. The lowest BCUT2D eigenvalue weighted by Gasteiger charge is -2.23. The zero-order chi connectivity index (χ0) is 11.8. The fourth-order valence-electron chi connectivity index (χ4n) is 2.77. The van der Waals surface area contributed by atoms with Crippen molar-refractivity contribution >= 4 is 21.4 Å².